The van der Waals surface area contributed by atoms with Crippen molar-refractivity contribution >= 4 is 11.8 Å². The van der Waals surface area contributed by atoms with Gasteiger partial charge in [-0.1, -0.05) is 6.92 Å². The Kier molecular flexibility index (Phi) is 4.57. The number of ether oxygens (including phenoxy) is 1. The van der Waals surface area contributed by atoms with Gasteiger partial charge in [0.1, 0.15) is 6.20 Å². The molecule has 0 bridgehead atoms. The van der Waals surface area contributed by atoms with E-state index in [2.05, 4.69) is 9.72 Å². The zero-order chi connectivity index (χ0) is 14.6. The molecular formula is C11H16FN3O4. The lowest BCUT2D eigenvalue weighted by molar-refractivity contribution is -0.394. The van der Waals surface area contributed by atoms with E-state index < -0.39 is 22.5 Å². The van der Waals surface area contributed by atoms with Crippen molar-refractivity contribution in [2.75, 3.05) is 6.61 Å². The molecule has 0 radical (unpaired) electrons. The van der Waals surface area contributed by atoms with Crippen molar-refractivity contribution in [3.63, 3.8) is 0 Å². The summed E-state index contributed by atoms with van der Waals surface area (Å²) in [5.74, 6) is -4.26. The molecule has 0 N–H and O–H groups in total. The zero-order valence-electron chi connectivity index (χ0n) is 11.1. The number of rotatable bonds is 6. The average Bonchev–Trinajstić information content (AvgIpc) is 2.72. The molecule has 0 saturated carbocycles. The normalized spacial score (nSPS) is 13.9. The van der Waals surface area contributed by atoms with Crippen molar-refractivity contribution in [2.24, 2.45) is 0 Å². The molecule has 0 aliphatic heterocycles. The van der Waals surface area contributed by atoms with Crippen molar-refractivity contribution in [1.29, 1.82) is 0 Å². The summed E-state index contributed by atoms with van der Waals surface area (Å²) in [6, 6.07) is 0. The van der Waals surface area contributed by atoms with E-state index in [1.807, 2.05) is 0 Å². The molecule has 0 spiro atoms. The summed E-state index contributed by atoms with van der Waals surface area (Å²) in [4.78, 5) is 25.6. The van der Waals surface area contributed by atoms with Crippen LogP contribution in [0.4, 0.5) is 10.2 Å². The molecule has 0 aromatic carbocycles. The highest BCUT2D eigenvalue weighted by Gasteiger charge is 2.50. The summed E-state index contributed by atoms with van der Waals surface area (Å²) in [6.07, 6.45) is 1.03. The fraction of sp³-hybridized carbons (Fsp3) is 0.636. The molecule has 0 amide bonds. The number of carbonyl (C=O) groups is 1. The van der Waals surface area contributed by atoms with Crippen LogP contribution in [0.25, 0.3) is 0 Å². The molecule has 1 aromatic rings. The van der Waals surface area contributed by atoms with Gasteiger partial charge in [0.15, 0.2) is 5.82 Å². The summed E-state index contributed by atoms with van der Waals surface area (Å²) >= 11 is 0. The Labute approximate surface area is 109 Å². The summed E-state index contributed by atoms with van der Waals surface area (Å²) in [5, 5.41) is 10.9. The number of nitrogens with zero attached hydrogens (tertiary/aromatic N) is 3. The largest absolute Gasteiger partial charge is 0.460 e. The molecule has 0 aliphatic rings. The van der Waals surface area contributed by atoms with Gasteiger partial charge in [0.2, 0.25) is 0 Å². The summed E-state index contributed by atoms with van der Waals surface area (Å²) < 4.78 is 20.3. The van der Waals surface area contributed by atoms with Gasteiger partial charge in [-0.05, 0) is 18.3 Å². The van der Waals surface area contributed by atoms with E-state index in [0.29, 0.717) is 11.0 Å². The second-order valence-electron chi connectivity index (χ2n) is 3.99. The highest BCUT2D eigenvalue weighted by Crippen LogP contribution is 2.32. The number of alkyl halides is 1. The lowest BCUT2D eigenvalue weighted by Crippen LogP contribution is -2.40. The minimum absolute atomic E-state index is 0.00421. The monoisotopic (exact) mass is 273 g/mol. The van der Waals surface area contributed by atoms with Gasteiger partial charge in [-0.25, -0.2) is 9.78 Å². The minimum atomic E-state index is -2.60. The number of hydrogen-bond donors (Lipinski definition) is 0. The Morgan fingerprint density at radius 3 is 2.74 bits per heavy atom. The molecule has 0 fully saturated rings. The van der Waals surface area contributed by atoms with Crippen LogP contribution in [0, 0.1) is 17.0 Å². The summed E-state index contributed by atoms with van der Waals surface area (Å²) in [7, 11) is 0. The predicted molar refractivity (Wildman–Crippen MR) is 64.2 cm³/mol. The Morgan fingerprint density at radius 1 is 1.63 bits per heavy atom. The third-order valence-corrected chi connectivity index (χ3v) is 2.63. The Morgan fingerprint density at radius 2 is 2.26 bits per heavy atom. The Balaban J connectivity index is 3.37. The number of esters is 1. The number of carbonyl (C=O) groups excluding carboxylic acids is 1. The van der Waals surface area contributed by atoms with Crippen LogP contribution in [0.1, 0.15) is 32.5 Å². The van der Waals surface area contributed by atoms with Crippen molar-refractivity contribution in [1.82, 2.24) is 9.55 Å². The maximum atomic E-state index is 15.0. The SMILES string of the molecule is CCCC(F)(C(=O)OCC)n1c([N+](=O)[O-])cnc1C. The number of imidazole rings is 1. The molecule has 19 heavy (non-hydrogen) atoms. The van der Waals surface area contributed by atoms with Crippen molar-refractivity contribution in [2.45, 2.75) is 39.4 Å². The van der Waals surface area contributed by atoms with Crippen LogP contribution in [0.15, 0.2) is 6.20 Å². The van der Waals surface area contributed by atoms with Crippen LogP contribution < -0.4 is 0 Å². The predicted octanol–water partition coefficient (Wildman–Crippen LogP) is 2.09. The first-order chi connectivity index (χ1) is 8.88. The molecule has 8 heteroatoms. The van der Waals surface area contributed by atoms with E-state index in [-0.39, 0.29) is 18.9 Å². The van der Waals surface area contributed by atoms with Gasteiger partial charge >= 0.3 is 17.6 Å². The first-order valence-corrected chi connectivity index (χ1v) is 5.93. The van der Waals surface area contributed by atoms with Gasteiger partial charge < -0.3 is 14.9 Å². The number of aromatic nitrogens is 2. The van der Waals surface area contributed by atoms with Gasteiger partial charge in [0, 0.05) is 13.3 Å². The van der Waals surface area contributed by atoms with E-state index in [0.717, 1.165) is 6.20 Å². The molecule has 0 saturated heterocycles. The van der Waals surface area contributed by atoms with Crippen LogP contribution in [0.3, 0.4) is 0 Å². The molecule has 106 valence electrons. The van der Waals surface area contributed by atoms with Gasteiger partial charge in [0.05, 0.1) is 6.61 Å². The van der Waals surface area contributed by atoms with Crippen molar-refractivity contribution in [3.05, 3.63) is 22.1 Å². The lowest BCUT2D eigenvalue weighted by Gasteiger charge is -2.21. The molecule has 1 heterocycles. The highest BCUT2D eigenvalue weighted by molar-refractivity contribution is 5.77. The van der Waals surface area contributed by atoms with Gasteiger partial charge in [-0.2, -0.15) is 8.96 Å². The Hall–Kier alpha value is -1.99. The molecule has 7 nitrogen and oxygen atoms in total. The highest BCUT2D eigenvalue weighted by atomic mass is 19.1. The Bertz CT molecular complexity index is 488. The summed E-state index contributed by atoms with van der Waals surface area (Å²) in [5.41, 5.74) is 0. The van der Waals surface area contributed by atoms with E-state index >= 15 is 0 Å². The average molecular weight is 273 g/mol. The van der Waals surface area contributed by atoms with Crippen LogP contribution in [0.2, 0.25) is 0 Å². The smallest absolute Gasteiger partial charge is 0.389 e. The number of halogens is 1. The maximum Gasteiger partial charge on any atom is 0.389 e. The van der Waals surface area contributed by atoms with Crippen LogP contribution in [-0.2, 0) is 15.3 Å². The molecule has 1 atom stereocenters. The van der Waals surface area contributed by atoms with Crippen molar-refractivity contribution < 1.29 is 18.8 Å². The molecule has 0 aliphatic carbocycles. The van der Waals surface area contributed by atoms with Gasteiger partial charge in [0.25, 0.3) is 0 Å². The molecular weight excluding hydrogens is 257 g/mol. The molecule has 1 aromatic heterocycles. The zero-order valence-corrected chi connectivity index (χ0v) is 11.1. The second kappa shape index (κ2) is 5.77. The van der Waals surface area contributed by atoms with E-state index in [1.165, 1.54) is 6.92 Å². The fourth-order valence-corrected chi connectivity index (χ4v) is 1.88. The minimum Gasteiger partial charge on any atom is -0.460 e. The van der Waals surface area contributed by atoms with Crippen LogP contribution >= 0.6 is 0 Å². The number of nitro groups is 1. The first-order valence-electron chi connectivity index (χ1n) is 5.93. The van der Waals surface area contributed by atoms with E-state index in [9.17, 15) is 19.3 Å². The topological polar surface area (TPSA) is 87.3 Å². The van der Waals surface area contributed by atoms with Crippen molar-refractivity contribution in [3.8, 4) is 0 Å². The molecule has 1 unspecified atom stereocenters. The van der Waals surface area contributed by atoms with E-state index in [1.54, 1.807) is 13.8 Å². The van der Waals surface area contributed by atoms with Gasteiger partial charge in [-0.15, -0.1) is 0 Å². The second-order valence-corrected chi connectivity index (χ2v) is 3.99. The third-order valence-electron chi connectivity index (χ3n) is 2.63. The number of aryl methyl sites for hydroxylation is 1. The summed E-state index contributed by atoms with van der Waals surface area (Å²) in [6.45, 7) is 4.61. The van der Waals surface area contributed by atoms with Crippen LogP contribution in [-0.4, -0.2) is 27.1 Å². The van der Waals surface area contributed by atoms with Gasteiger partial charge in [-0.3, -0.25) is 0 Å². The maximum absolute atomic E-state index is 15.0. The van der Waals surface area contributed by atoms with Crippen LogP contribution in [0.5, 0.6) is 0 Å². The fourth-order valence-electron chi connectivity index (χ4n) is 1.88. The molecule has 1 rings (SSSR count). The standard InChI is InChI=1S/C11H16FN3O4/c1-4-6-11(12,10(16)19-5-2)14-8(3)13-7-9(14)15(17)18/h7H,4-6H2,1-3H3. The van der Waals surface area contributed by atoms with E-state index in [4.69, 9.17) is 0 Å². The first kappa shape index (κ1) is 15.1. The number of hydrogen-bond acceptors (Lipinski definition) is 5. The quantitative estimate of drug-likeness (QED) is 0.450. The lowest BCUT2D eigenvalue weighted by atomic mass is 10.1. The third kappa shape index (κ3) is 2.72.